The predicted octanol–water partition coefficient (Wildman–Crippen LogP) is 11.8. The number of carboxylic acids is 1. The number of benzene rings is 2. The normalized spacial score (nSPS) is 16.7. The number of nitrogens with one attached hydrogen (secondary N) is 1. The molecule has 3 atom stereocenters. The topological polar surface area (TPSA) is 88.0 Å². The number of rotatable bonds is 16. The van der Waals surface area contributed by atoms with Crippen LogP contribution in [0.2, 0.25) is 0 Å². The van der Waals surface area contributed by atoms with Gasteiger partial charge in [-0.3, -0.25) is 9.79 Å². The van der Waals surface area contributed by atoms with E-state index in [2.05, 4.69) is 84.6 Å². The molecular weight excluding hydrogens is 645 g/mol. The molecule has 2 N–H and O–H groups in total. The van der Waals surface area contributed by atoms with E-state index in [1.807, 2.05) is 87.5 Å². The van der Waals surface area contributed by atoms with E-state index in [4.69, 9.17) is 14.8 Å². The summed E-state index contributed by atoms with van der Waals surface area (Å²) in [6.07, 6.45) is 19.2. The van der Waals surface area contributed by atoms with E-state index in [0.717, 1.165) is 40.7 Å². The summed E-state index contributed by atoms with van der Waals surface area (Å²) < 4.78 is 6.07. The zero-order chi connectivity index (χ0) is 39.1. The van der Waals surface area contributed by atoms with Gasteiger partial charge in [-0.15, -0.1) is 0 Å². The molecule has 3 rings (SSSR count). The number of nitrogens with zero attached hydrogens (tertiary/aromatic N) is 1. The van der Waals surface area contributed by atoms with Crippen LogP contribution in [0.15, 0.2) is 125 Å². The monoisotopic (exact) mass is 708 g/mol. The summed E-state index contributed by atoms with van der Waals surface area (Å²) in [5.41, 5.74) is 6.93. The Morgan fingerprint density at radius 3 is 2.25 bits per heavy atom. The molecule has 0 spiro atoms. The molecule has 282 valence electrons. The molecule has 0 fully saturated rings. The van der Waals surface area contributed by atoms with Crippen LogP contribution in [0.25, 0.3) is 6.08 Å². The Morgan fingerprint density at radius 2 is 1.73 bits per heavy atom. The van der Waals surface area contributed by atoms with Crippen LogP contribution in [0.4, 0.5) is 0 Å². The SMILES string of the molecule is C/C=C\C(=C/c1ccccc1)CC(NC=O)C(=O)O.C=C/C(=C\C=C1\C=C(C)N=C(CC(CC)CCC)C1C)Oc1ccc(C(C)(C)C)cc1.CC. The number of ether oxygens (including phenoxy) is 1. The first-order valence-electron chi connectivity index (χ1n) is 18.7. The van der Waals surface area contributed by atoms with Crippen molar-refractivity contribution in [2.75, 3.05) is 0 Å². The molecule has 2 aromatic rings. The van der Waals surface area contributed by atoms with Crippen LogP contribution in [0.1, 0.15) is 112 Å². The lowest BCUT2D eigenvalue weighted by atomic mass is 9.84. The Balaban J connectivity index is 0.000000551. The largest absolute Gasteiger partial charge is 0.480 e. The Kier molecular flexibility index (Phi) is 21.3. The standard InChI is InChI=1S/C29H41NO.C15H17NO3.C2H6/c1-9-12-23(10-2)20-28-22(5)24(19-21(4)30-28)13-16-26(11-3)31-27-17-14-25(15-18-27)29(6,7)8;1-2-6-13(9-12-7-4-3-5-8-12)10-14(15(18)19)16-11-17;1-2/h11,13-19,22-23H,3,9-10,12,20H2,1-2,4-8H3;2-9,11,14H,10H2,1H3,(H,16,17)(H,18,19);1-2H3/b24-13-,26-16+;6-2-,13-9+;. The second-order valence-corrected chi connectivity index (χ2v) is 13.7. The molecule has 0 bridgehead atoms. The lowest BCUT2D eigenvalue weighted by molar-refractivity contribution is -0.140. The van der Waals surface area contributed by atoms with Gasteiger partial charge < -0.3 is 15.2 Å². The fourth-order valence-electron chi connectivity index (χ4n) is 5.65. The summed E-state index contributed by atoms with van der Waals surface area (Å²) in [4.78, 5) is 26.3. The third-order valence-electron chi connectivity index (χ3n) is 8.60. The minimum atomic E-state index is -1.05. The van der Waals surface area contributed by atoms with Gasteiger partial charge in [-0.1, -0.05) is 148 Å². The predicted molar refractivity (Wildman–Crippen MR) is 222 cm³/mol. The number of aliphatic imine (C=N–C) groups is 1. The Morgan fingerprint density at radius 1 is 1.08 bits per heavy atom. The summed E-state index contributed by atoms with van der Waals surface area (Å²) in [6, 6.07) is 17.0. The second-order valence-electron chi connectivity index (χ2n) is 13.7. The van der Waals surface area contributed by atoms with Crippen LogP contribution in [-0.2, 0) is 15.0 Å². The second kappa shape index (κ2) is 24.5. The van der Waals surface area contributed by atoms with Crippen molar-refractivity contribution in [1.29, 1.82) is 0 Å². The highest BCUT2D eigenvalue weighted by Gasteiger charge is 2.21. The minimum Gasteiger partial charge on any atom is -0.480 e. The molecule has 1 aliphatic heterocycles. The zero-order valence-electron chi connectivity index (χ0n) is 33.4. The van der Waals surface area contributed by atoms with Gasteiger partial charge in [0.1, 0.15) is 17.6 Å². The molecule has 0 radical (unpaired) electrons. The smallest absolute Gasteiger partial charge is 0.326 e. The first-order chi connectivity index (χ1) is 24.8. The van der Waals surface area contributed by atoms with Crippen molar-refractivity contribution in [2.24, 2.45) is 16.8 Å². The molecule has 6 heteroatoms. The fraction of sp³-hybridized carbons (Fsp3) is 0.413. The molecule has 0 saturated carbocycles. The Labute approximate surface area is 314 Å². The number of allylic oxidation sites excluding steroid dienone is 8. The maximum absolute atomic E-state index is 11.0. The van der Waals surface area contributed by atoms with Crippen molar-refractivity contribution in [1.82, 2.24) is 5.32 Å². The third kappa shape index (κ3) is 16.5. The van der Waals surface area contributed by atoms with Gasteiger partial charge in [0.05, 0.1) is 0 Å². The number of hydrogen-bond acceptors (Lipinski definition) is 4. The highest BCUT2D eigenvalue weighted by Crippen LogP contribution is 2.29. The zero-order valence-corrected chi connectivity index (χ0v) is 33.4. The number of carboxylic acid groups (broad SMARTS) is 1. The van der Waals surface area contributed by atoms with Crippen LogP contribution < -0.4 is 10.1 Å². The third-order valence-corrected chi connectivity index (χ3v) is 8.60. The van der Waals surface area contributed by atoms with E-state index < -0.39 is 12.0 Å². The fourth-order valence-corrected chi connectivity index (χ4v) is 5.65. The molecule has 2 aromatic carbocycles. The van der Waals surface area contributed by atoms with Crippen LogP contribution in [-0.4, -0.2) is 29.2 Å². The molecule has 6 nitrogen and oxygen atoms in total. The summed E-state index contributed by atoms with van der Waals surface area (Å²) in [7, 11) is 0. The lowest BCUT2D eigenvalue weighted by Crippen LogP contribution is -2.35. The van der Waals surface area contributed by atoms with Gasteiger partial charge in [0.2, 0.25) is 6.41 Å². The maximum Gasteiger partial charge on any atom is 0.326 e. The molecular formula is C46H64N2O4. The average Bonchev–Trinajstić information content (AvgIpc) is 3.12. The summed E-state index contributed by atoms with van der Waals surface area (Å²) in [5.74, 6) is 1.57. The molecule has 52 heavy (non-hydrogen) atoms. The van der Waals surface area contributed by atoms with E-state index in [1.54, 1.807) is 6.08 Å². The molecule has 0 saturated heterocycles. The molecule has 0 aliphatic carbocycles. The summed E-state index contributed by atoms with van der Waals surface area (Å²) in [6.45, 7) is 25.4. The van der Waals surface area contributed by atoms with Crippen molar-refractivity contribution in [3.63, 3.8) is 0 Å². The van der Waals surface area contributed by atoms with E-state index in [1.165, 1.54) is 36.1 Å². The summed E-state index contributed by atoms with van der Waals surface area (Å²) in [5, 5.41) is 11.3. The molecule has 0 aromatic heterocycles. The van der Waals surface area contributed by atoms with E-state index in [0.29, 0.717) is 12.3 Å². The first-order valence-corrected chi connectivity index (χ1v) is 18.7. The van der Waals surface area contributed by atoms with E-state index >= 15 is 0 Å². The van der Waals surface area contributed by atoms with Crippen molar-refractivity contribution in [2.45, 2.75) is 113 Å². The van der Waals surface area contributed by atoms with Gasteiger partial charge in [-0.05, 0) is 84.2 Å². The van der Waals surface area contributed by atoms with Gasteiger partial charge in [0.25, 0.3) is 0 Å². The van der Waals surface area contributed by atoms with Gasteiger partial charge >= 0.3 is 5.97 Å². The Hall–Kier alpha value is -4.71. The molecule has 1 aliphatic rings. The van der Waals surface area contributed by atoms with E-state index in [9.17, 15) is 9.59 Å². The van der Waals surface area contributed by atoms with Crippen LogP contribution in [0.5, 0.6) is 5.75 Å². The molecule has 1 amide bonds. The quantitative estimate of drug-likeness (QED) is 0.103. The first kappa shape index (κ1) is 45.3. The average molecular weight is 709 g/mol. The maximum atomic E-state index is 11.0. The lowest BCUT2D eigenvalue weighted by Gasteiger charge is -2.24. The van der Waals surface area contributed by atoms with Gasteiger partial charge in [-0.2, -0.15) is 0 Å². The number of hydrogen-bond donors (Lipinski definition) is 2. The number of carbonyl (C=O) groups is 2. The van der Waals surface area contributed by atoms with Crippen molar-refractivity contribution < 1.29 is 19.4 Å². The number of amides is 1. The highest BCUT2D eigenvalue weighted by atomic mass is 16.5. The highest BCUT2D eigenvalue weighted by molar-refractivity contribution is 5.91. The van der Waals surface area contributed by atoms with Crippen LogP contribution >= 0.6 is 0 Å². The van der Waals surface area contributed by atoms with E-state index in [-0.39, 0.29) is 11.8 Å². The summed E-state index contributed by atoms with van der Waals surface area (Å²) >= 11 is 0. The Bertz CT molecular complexity index is 1570. The van der Waals surface area contributed by atoms with Gasteiger partial charge in [0, 0.05) is 23.7 Å². The minimum absolute atomic E-state index is 0.133. The van der Waals surface area contributed by atoms with Gasteiger partial charge in [-0.25, -0.2) is 4.79 Å². The van der Waals surface area contributed by atoms with Gasteiger partial charge in [0.15, 0.2) is 0 Å². The molecule has 1 heterocycles. The number of carbonyl (C=O) groups excluding carboxylic acids is 1. The van der Waals surface area contributed by atoms with Crippen molar-refractivity contribution in [3.05, 3.63) is 131 Å². The van der Waals surface area contributed by atoms with Crippen LogP contribution in [0.3, 0.4) is 0 Å². The van der Waals surface area contributed by atoms with Crippen molar-refractivity contribution >= 4 is 24.2 Å². The molecule has 3 unspecified atom stereocenters. The van der Waals surface area contributed by atoms with Crippen LogP contribution in [0, 0.1) is 11.8 Å². The number of aliphatic carboxylic acids is 1. The van der Waals surface area contributed by atoms with Crippen molar-refractivity contribution in [3.8, 4) is 5.75 Å².